The molecule has 19 heavy (non-hydrogen) atoms. The van der Waals surface area contributed by atoms with Crippen LogP contribution in [0, 0.1) is 6.92 Å². The summed E-state index contributed by atoms with van der Waals surface area (Å²) in [6.07, 6.45) is 0. The first-order chi connectivity index (χ1) is 8.97. The van der Waals surface area contributed by atoms with E-state index in [0.717, 1.165) is 10.0 Å². The predicted molar refractivity (Wildman–Crippen MR) is 76.6 cm³/mol. The van der Waals surface area contributed by atoms with Crippen LogP contribution in [0.3, 0.4) is 0 Å². The minimum atomic E-state index is -0.477. The van der Waals surface area contributed by atoms with Gasteiger partial charge in [-0.05, 0) is 42.8 Å². The number of anilines is 1. The first kappa shape index (κ1) is 13.4. The normalized spacial score (nSPS) is 10.2. The number of aryl methyl sites for hydroxylation is 1. The van der Waals surface area contributed by atoms with E-state index in [1.165, 1.54) is 18.2 Å². The number of phenolic OH excluding ortho intramolecular Hbond substituents is 2. The Morgan fingerprint density at radius 1 is 1.16 bits per heavy atom. The molecule has 98 valence electrons. The summed E-state index contributed by atoms with van der Waals surface area (Å²) in [5.41, 5.74) is 1.57. The second kappa shape index (κ2) is 5.32. The zero-order valence-corrected chi connectivity index (χ0v) is 11.7. The van der Waals surface area contributed by atoms with Crippen molar-refractivity contribution in [3.63, 3.8) is 0 Å². The number of halogens is 1. The monoisotopic (exact) mass is 321 g/mol. The van der Waals surface area contributed by atoms with Crippen LogP contribution < -0.4 is 5.32 Å². The van der Waals surface area contributed by atoms with Crippen LogP contribution in [-0.2, 0) is 0 Å². The molecule has 0 radical (unpaired) electrons. The first-order valence-electron chi connectivity index (χ1n) is 5.57. The number of rotatable bonds is 2. The number of amides is 1. The second-order valence-electron chi connectivity index (χ2n) is 4.11. The van der Waals surface area contributed by atoms with E-state index in [1.54, 1.807) is 6.07 Å². The highest BCUT2D eigenvalue weighted by Crippen LogP contribution is 2.25. The fourth-order valence-electron chi connectivity index (χ4n) is 1.62. The van der Waals surface area contributed by atoms with Crippen LogP contribution >= 0.6 is 15.9 Å². The minimum absolute atomic E-state index is 0.0272. The zero-order valence-electron chi connectivity index (χ0n) is 10.1. The molecule has 0 atom stereocenters. The van der Waals surface area contributed by atoms with Crippen molar-refractivity contribution in [3.8, 4) is 11.5 Å². The molecule has 0 saturated heterocycles. The summed E-state index contributed by atoms with van der Waals surface area (Å²) in [5.74, 6) is -0.730. The average Bonchev–Trinajstić information content (AvgIpc) is 2.36. The fourth-order valence-corrected chi connectivity index (χ4v) is 1.99. The standard InChI is InChI=1S/C14H12BrNO3/c1-8-2-3-9(15)6-12(8)16-14(19)11-7-10(17)4-5-13(11)18/h2-7,17-18H,1H3,(H,16,19). The quantitative estimate of drug-likeness (QED) is 0.742. The molecule has 0 fully saturated rings. The maximum Gasteiger partial charge on any atom is 0.259 e. The Kier molecular flexibility index (Phi) is 3.76. The Bertz CT molecular complexity index is 641. The highest BCUT2D eigenvalue weighted by atomic mass is 79.9. The maximum absolute atomic E-state index is 12.1. The van der Waals surface area contributed by atoms with Gasteiger partial charge in [0.1, 0.15) is 11.5 Å². The topological polar surface area (TPSA) is 69.6 Å². The SMILES string of the molecule is Cc1ccc(Br)cc1NC(=O)c1cc(O)ccc1O. The molecule has 0 saturated carbocycles. The van der Waals surface area contributed by atoms with Crippen LogP contribution in [0.15, 0.2) is 40.9 Å². The van der Waals surface area contributed by atoms with Crippen molar-refractivity contribution in [1.29, 1.82) is 0 Å². The van der Waals surface area contributed by atoms with Gasteiger partial charge >= 0.3 is 0 Å². The van der Waals surface area contributed by atoms with Crippen molar-refractivity contribution in [3.05, 3.63) is 52.0 Å². The van der Waals surface area contributed by atoms with Gasteiger partial charge in [-0.1, -0.05) is 22.0 Å². The van der Waals surface area contributed by atoms with Gasteiger partial charge in [-0.15, -0.1) is 0 Å². The molecule has 0 bridgehead atoms. The van der Waals surface area contributed by atoms with Crippen LogP contribution in [0.2, 0.25) is 0 Å². The van der Waals surface area contributed by atoms with E-state index in [1.807, 2.05) is 19.1 Å². The molecule has 0 unspecified atom stereocenters. The number of carbonyl (C=O) groups is 1. The minimum Gasteiger partial charge on any atom is -0.508 e. The van der Waals surface area contributed by atoms with Crippen molar-refractivity contribution in [1.82, 2.24) is 0 Å². The fraction of sp³-hybridized carbons (Fsp3) is 0.0714. The van der Waals surface area contributed by atoms with Crippen molar-refractivity contribution in [2.45, 2.75) is 6.92 Å². The molecule has 0 aliphatic rings. The van der Waals surface area contributed by atoms with E-state index in [4.69, 9.17) is 0 Å². The van der Waals surface area contributed by atoms with Crippen LogP contribution in [0.25, 0.3) is 0 Å². The second-order valence-corrected chi connectivity index (χ2v) is 5.03. The van der Waals surface area contributed by atoms with Crippen LogP contribution in [-0.4, -0.2) is 16.1 Å². The molecule has 5 heteroatoms. The average molecular weight is 322 g/mol. The summed E-state index contributed by atoms with van der Waals surface area (Å²) in [4.78, 5) is 12.1. The molecule has 0 heterocycles. The van der Waals surface area contributed by atoms with E-state index in [9.17, 15) is 15.0 Å². The smallest absolute Gasteiger partial charge is 0.259 e. The molecule has 0 aromatic heterocycles. The summed E-state index contributed by atoms with van der Waals surface area (Å²) in [7, 11) is 0. The van der Waals surface area contributed by atoms with E-state index >= 15 is 0 Å². The number of carbonyl (C=O) groups excluding carboxylic acids is 1. The molecule has 0 aliphatic heterocycles. The summed E-state index contributed by atoms with van der Waals surface area (Å²) in [5, 5.41) is 21.7. The molecule has 3 N–H and O–H groups in total. The molecule has 2 aromatic carbocycles. The highest BCUT2D eigenvalue weighted by molar-refractivity contribution is 9.10. The van der Waals surface area contributed by atoms with Crippen LogP contribution in [0.4, 0.5) is 5.69 Å². The van der Waals surface area contributed by atoms with Crippen LogP contribution in [0.5, 0.6) is 11.5 Å². The van der Waals surface area contributed by atoms with E-state index < -0.39 is 5.91 Å². The third-order valence-electron chi connectivity index (χ3n) is 2.67. The van der Waals surface area contributed by atoms with Gasteiger partial charge in [-0.25, -0.2) is 0 Å². The molecular formula is C14H12BrNO3. The van der Waals surface area contributed by atoms with Gasteiger partial charge in [0.05, 0.1) is 5.56 Å². The van der Waals surface area contributed by atoms with Gasteiger partial charge in [-0.3, -0.25) is 4.79 Å². The summed E-state index contributed by atoms with van der Waals surface area (Å²) in [6.45, 7) is 1.87. The van der Waals surface area contributed by atoms with E-state index in [-0.39, 0.29) is 17.1 Å². The van der Waals surface area contributed by atoms with Crippen molar-refractivity contribution in [2.75, 3.05) is 5.32 Å². The molecule has 2 rings (SSSR count). The summed E-state index contributed by atoms with van der Waals surface area (Å²) in [6, 6.07) is 9.32. The number of benzene rings is 2. The number of nitrogens with one attached hydrogen (secondary N) is 1. The Morgan fingerprint density at radius 2 is 1.89 bits per heavy atom. The number of aromatic hydroxyl groups is 2. The van der Waals surface area contributed by atoms with Crippen molar-refractivity contribution in [2.24, 2.45) is 0 Å². The zero-order chi connectivity index (χ0) is 14.0. The molecule has 0 aliphatic carbocycles. The van der Waals surface area contributed by atoms with Gasteiger partial charge in [0.15, 0.2) is 0 Å². The first-order valence-corrected chi connectivity index (χ1v) is 6.36. The van der Waals surface area contributed by atoms with Gasteiger partial charge in [0.2, 0.25) is 0 Å². The third-order valence-corrected chi connectivity index (χ3v) is 3.17. The van der Waals surface area contributed by atoms with Gasteiger partial charge in [-0.2, -0.15) is 0 Å². The van der Waals surface area contributed by atoms with Crippen molar-refractivity contribution < 1.29 is 15.0 Å². The lowest BCUT2D eigenvalue weighted by Crippen LogP contribution is -2.12. The maximum atomic E-state index is 12.1. The Balaban J connectivity index is 2.30. The van der Waals surface area contributed by atoms with Crippen molar-refractivity contribution >= 4 is 27.5 Å². The number of hydrogen-bond donors (Lipinski definition) is 3. The lowest BCUT2D eigenvalue weighted by atomic mass is 10.1. The molecule has 1 amide bonds. The molecule has 2 aromatic rings. The van der Waals surface area contributed by atoms with Gasteiger partial charge in [0, 0.05) is 10.2 Å². The molecule has 0 spiro atoms. The molecule has 4 nitrogen and oxygen atoms in total. The van der Waals surface area contributed by atoms with Crippen LogP contribution in [0.1, 0.15) is 15.9 Å². The number of hydrogen-bond acceptors (Lipinski definition) is 3. The Hall–Kier alpha value is -2.01. The largest absolute Gasteiger partial charge is 0.508 e. The summed E-state index contributed by atoms with van der Waals surface area (Å²) < 4.78 is 0.841. The van der Waals surface area contributed by atoms with E-state index in [2.05, 4.69) is 21.2 Å². The Morgan fingerprint density at radius 3 is 2.63 bits per heavy atom. The molecular weight excluding hydrogens is 310 g/mol. The third kappa shape index (κ3) is 3.06. The van der Waals surface area contributed by atoms with Gasteiger partial charge < -0.3 is 15.5 Å². The van der Waals surface area contributed by atoms with E-state index in [0.29, 0.717) is 5.69 Å². The number of phenols is 2. The highest BCUT2D eigenvalue weighted by Gasteiger charge is 2.13. The Labute approximate surface area is 118 Å². The summed E-state index contributed by atoms with van der Waals surface area (Å²) >= 11 is 3.33. The predicted octanol–water partition coefficient (Wildman–Crippen LogP) is 3.42. The lowest BCUT2D eigenvalue weighted by Gasteiger charge is -2.10. The van der Waals surface area contributed by atoms with Gasteiger partial charge in [0.25, 0.3) is 5.91 Å². The lowest BCUT2D eigenvalue weighted by molar-refractivity contribution is 0.102.